The maximum Gasteiger partial charge on any atom is 0.137 e. The molecule has 2 N–H and O–H groups in total. The summed E-state index contributed by atoms with van der Waals surface area (Å²) < 4.78 is 5.46. The Hall–Kier alpha value is -1.57. The molecule has 1 atom stereocenters. The molecule has 0 aromatic heterocycles. The van der Waals surface area contributed by atoms with Gasteiger partial charge in [0.2, 0.25) is 0 Å². The second-order valence-corrected chi connectivity index (χ2v) is 4.96. The molecule has 0 aliphatic rings. The lowest BCUT2D eigenvalue weighted by molar-refractivity contribution is 0.106. The number of hydrogen-bond donors (Lipinski definition) is 2. The Morgan fingerprint density at radius 1 is 1.37 bits per heavy atom. The SMILES string of the molecule is CC(C)CCNCC(O)COc1ccccc1C#N. The number of hydrogen-bond acceptors (Lipinski definition) is 4. The van der Waals surface area contributed by atoms with Crippen molar-refractivity contribution in [1.82, 2.24) is 5.32 Å². The van der Waals surface area contributed by atoms with Crippen LogP contribution in [0.25, 0.3) is 0 Å². The van der Waals surface area contributed by atoms with Gasteiger partial charge in [0, 0.05) is 6.54 Å². The molecule has 0 bridgehead atoms. The molecule has 0 aliphatic carbocycles. The van der Waals surface area contributed by atoms with Crippen LogP contribution in [0, 0.1) is 17.2 Å². The third kappa shape index (κ3) is 6.23. The minimum Gasteiger partial charge on any atom is -0.489 e. The van der Waals surface area contributed by atoms with Crippen LogP contribution >= 0.6 is 0 Å². The van der Waals surface area contributed by atoms with Gasteiger partial charge in [0.25, 0.3) is 0 Å². The van der Waals surface area contributed by atoms with Crippen LogP contribution in [-0.2, 0) is 0 Å². The van der Waals surface area contributed by atoms with E-state index >= 15 is 0 Å². The standard InChI is InChI=1S/C15H22N2O2/c1-12(2)7-8-17-10-14(18)11-19-15-6-4-3-5-13(15)9-16/h3-6,12,14,17-18H,7-8,10-11H2,1-2H3. The third-order valence-corrected chi connectivity index (χ3v) is 2.72. The normalized spacial score (nSPS) is 12.2. The highest BCUT2D eigenvalue weighted by Gasteiger charge is 2.07. The Bertz CT molecular complexity index is 413. The summed E-state index contributed by atoms with van der Waals surface area (Å²) in [5, 5.41) is 21.9. The topological polar surface area (TPSA) is 65.3 Å². The van der Waals surface area contributed by atoms with Gasteiger partial charge in [-0.15, -0.1) is 0 Å². The Labute approximate surface area is 115 Å². The van der Waals surface area contributed by atoms with Crippen LogP contribution in [0.3, 0.4) is 0 Å². The van der Waals surface area contributed by atoms with Gasteiger partial charge >= 0.3 is 0 Å². The van der Waals surface area contributed by atoms with Crippen LogP contribution in [0.15, 0.2) is 24.3 Å². The molecule has 4 nitrogen and oxygen atoms in total. The van der Waals surface area contributed by atoms with Crippen molar-refractivity contribution in [2.45, 2.75) is 26.4 Å². The van der Waals surface area contributed by atoms with Gasteiger partial charge in [-0.3, -0.25) is 0 Å². The van der Waals surface area contributed by atoms with E-state index in [-0.39, 0.29) is 6.61 Å². The van der Waals surface area contributed by atoms with E-state index < -0.39 is 6.10 Å². The highest BCUT2D eigenvalue weighted by atomic mass is 16.5. The molecule has 1 aromatic rings. The third-order valence-electron chi connectivity index (χ3n) is 2.72. The summed E-state index contributed by atoms with van der Waals surface area (Å²) in [4.78, 5) is 0. The van der Waals surface area contributed by atoms with Crippen molar-refractivity contribution in [3.8, 4) is 11.8 Å². The lowest BCUT2D eigenvalue weighted by Gasteiger charge is -2.14. The molecule has 0 fully saturated rings. The number of para-hydroxylation sites is 1. The average molecular weight is 262 g/mol. The Morgan fingerprint density at radius 3 is 2.79 bits per heavy atom. The molecule has 1 aromatic carbocycles. The van der Waals surface area contributed by atoms with E-state index in [2.05, 4.69) is 25.2 Å². The van der Waals surface area contributed by atoms with Crippen LogP contribution in [0.4, 0.5) is 0 Å². The fourth-order valence-corrected chi connectivity index (χ4v) is 1.59. The quantitative estimate of drug-likeness (QED) is 0.703. The van der Waals surface area contributed by atoms with E-state index in [9.17, 15) is 5.11 Å². The number of nitrogens with zero attached hydrogens (tertiary/aromatic N) is 1. The number of benzene rings is 1. The molecule has 104 valence electrons. The first-order chi connectivity index (χ1) is 9.13. The zero-order chi connectivity index (χ0) is 14.1. The van der Waals surface area contributed by atoms with Gasteiger partial charge in [0.05, 0.1) is 5.56 Å². The molecule has 0 aliphatic heterocycles. The van der Waals surface area contributed by atoms with Gasteiger partial charge in [-0.25, -0.2) is 0 Å². The van der Waals surface area contributed by atoms with Crippen molar-refractivity contribution in [3.05, 3.63) is 29.8 Å². The van der Waals surface area contributed by atoms with Crippen LogP contribution in [0.5, 0.6) is 5.75 Å². The van der Waals surface area contributed by atoms with Crippen LogP contribution in [0.2, 0.25) is 0 Å². The number of rotatable bonds is 8. The molecule has 0 saturated carbocycles. The van der Waals surface area contributed by atoms with Crippen molar-refractivity contribution in [2.24, 2.45) is 5.92 Å². The molecule has 0 spiro atoms. The lowest BCUT2D eigenvalue weighted by atomic mass is 10.1. The molecule has 1 unspecified atom stereocenters. The minimum absolute atomic E-state index is 0.188. The summed E-state index contributed by atoms with van der Waals surface area (Å²) in [5.41, 5.74) is 0.488. The largest absolute Gasteiger partial charge is 0.489 e. The maximum absolute atomic E-state index is 9.77. The van der Waals surface area contributed by atoms with E-state index in [4.69, 9.17) is 10.00 Å². The van der Waals surface area contributed by atoms with Crippen molar-refractivity contribution in [1.29, 1.82) is 5.26 Å². The van der Waals surface area contributed by atoms with Crippen molar-refractivity contribution in [2.75, 3.05) is 19.7 Å². The van der Waals surface area contributed by atoms with Gasteiger partial charge in [-0.1, -0.05) is 26.0 Å². The minimum atomic E-state index is -0.570. The molecule has 0 heterocycles. The number of nitriles is 1. The summed E-state index contributed by atoms with van der Waals surface area (Å²) >= 11 is 0. The van der Waals surface area contributed by atoms with Crippen molar-refractivity contribution >= 4 is 0 Å². The second-order valence-electron chi connectivity index (χ2n) is 4.96. The summed E-state index contributed by atoms with van der Waals surface area (Å²) in [6, 6.07) is 9.09. The van der Waals surface area contributed by atoms with Crippen molar-refractivity contribution < 1.29 is 9.84 Å². The zero-order valence-corrected chi connectivity index (χ0v) is 11.6. The fourth-order valence-electron chi connectivity index (χ4n) is 1.59. The first-order valence-corrected chi connectivity index (χ1v) is 6.64. The summed E-state index contributed by atoms with van der Waals surface area (Å²) in [6.07, 6.45) is 0.518. The number of ether oxygens (including phenoxy) is 1. The van der Waals surface area contributed by atoms with Crippen molar-refractivity contribution in [3.63, 3.8) is 0 Å². The lowest BCUT2D eigenvalue weighted by Crippen LogP contribution is -2.32. The van der Waals surface area contributed by atoms with E-state index in [1.165, 1.54) is 0 Å². The fraction of sp³-hybridized carbons (Fsp3) is 0.533. The first-order valence-electron chi connectivity index (χ1n) is 6.64. The monoisotopic (exact) mass is 262 g/mol. The van der Waals surface area contributed by atoms with Gasteiger partial charge in [-0.2, -0.15) is 5.26 Å². The Balaban J connectivity index is 2.26. The molecule has 19 heavy (non-hydrogen) atoms. The number of nitrogens with one attached hydrogen (secondary N) is 1. The highest BCUT2D eigenvalue weighted by Crippen LogP contribution is 2.16. The summed E-state index contributed by atoms with van der Waals surface area (Å²) in [5.74, 6) is 1.18. The van der Waals surface area contributed by atoms with E-state index in [0.717, 1.165) is 13.0 Å². The molecule has 4 heteroatoms. The first kappa shape index (κ1) is 15.5. The van der Waals surface area contributed by atoms with Crippen LogP contribution < -0.4 is 10.1 Å². The number of aliphatic hydroxyl groups is 1. The molecule has 0 amide bonds. The van der Waals surface area contributed by atoms with E-state index in [1.54, 1.807) is 18.2 Å². The Kier molecular flexibility index (Phi) is 6.94. The van der Waals surface area contributed by atoms with Gasteiger partial charge < -0.3 is 15.2 Å². The predicted molar refractivity (Wildman–Crippen MR) is 75.0 cm³/mol. The van der Waals surface area contributed by atoms with Gasteiger partial charge in [0.1, 0.15) is 24.5 Å². The smallest absolute Gasteiger partial charge is 0.137 e. The summed E-state index contributed by atoms with van der Waals surface area (Å²) in [7, 11) is 0. The van der Waals surface area contributed by atoms with Crippen LogP contribution in [0.1, 0.15) is 25.8 Å². The van der Waals surface area contributed by atoms with E-state index in [0.29, 0.717) is 23.8 Å². The van der Waals surface area contributed by atoms with Gasteiger partial charge in [-0.05, 0) is 31.0 Å². The highest BCUT2D eigenvalue weighted by molar-refractivity contribution is 5.42. The predicted octanol–water partition coefficient (Wildman–Crippen LogP) is 1.93. The molecular weight excluding hydrogens is 240 g/mol. The summed E-state index contributed by atoms with van der Waals surface area (Å²) in [6.45, 7) is 5.92. The second kappa shape index (κ2) is 8.52. The zero-order valence-electron chi connectivity index (χ0n) is 11.6. The van der Waals surface area contributed by atoms with E-state index in [1.807, 2.05) is 6.07 Å². The molecule has 0 saturated heterocycles. The molecule has 0 radical (unpaired) electrons. The average Bonchev–Trinajstić information content (AvgIpc) is 2.41. The molecule has 1 rings (SSSR count). The molecular formula is C15H22N2O2. The van der Waals surface area contributed by atoms with Crippen LogP contribution in [-0.4, -0.2) is 30.9 Å². The number of aliphatic hydroxyl groups excluding tert-OH is 1. The maximum atomic E-state index is 9.77. The Morgan fingerprint density at radius 2 is 2.11 bits per heavy atom. The van der Waals surface area contributed by atoms with Gasteiger partial charge in [0.15, 0.2) is 0 Å².